The summed E-state index contributed by atoms with van der Waals surface area (Å²) >= 11 is 0. The Morgan fingerprint density at radius 2 is 1.93 bits per heavy atom. The van der Waals surface area contributed by atoms with E-state index < -0.39 is 5.54 Å². The summed E-state index contributed by atoms with van der Waals surface area (Å²) in [6.07, 6.45) is 2.72. The average molecular weight is 197 g/mol. The third kappa shape index (κ3) is 3.32. The Kier molecular flexibility index (Phi) is 5.13. The third-order valence-electron chi connectivity index (χ3n) is 2.59. The van der Waals surface area contributed by atoms with Crippen molar-refractivity contribution in [1.82, 2.24) is 5.32 Å². The molecule has 0 aromatic heterocycles. The monoisotopic (exact) mass is 197 g/mol. The number of rotatable bonds is 6. The van der Waals surface area contributed by atoms with Crippen molar-refractivity contribution in [3.8, 4) is 0 Å². The third-order valence-corrected chi connectivity index (χ3v) is 2.59. The smallest absolute Gasteiger partial charge is 0.246 e. The van der Waals surface area contributed by atoms with E-state index in [1.165, 1.54) is 0 Å². The molecule has 0 aromatic rings. The molecule has 14 heavy (non-hydrogen) atoms. The van der Waals surface area contributed by atoms with E-state index in [-0.39, 0.29) is 5.91 Å². The van der Waals surface area contributed by atoms with Crippen LogP contribution in [0.1, 0.15) is 40.0 Å². The molecule has 0 bridgehead atoms. The molecular weight excluding hydrogens is 178 g/mol. The van der Waals surface area contributed by atoms with Gasteiger partial charge in [-0.1, -0.05) is 20.4 Å². The summed E-state index contributed by atoms with van der Waals surface area (Å²) in [7, 11) is 0. The minimum Gasteiger partial charge on any atom is -0.346 e. The molecule has 0 unspecified atom stereocenters. The summed E-state index contributed by atoms with van der Waals surface area (Å²) in [5.41, 5.74) is 0.0831. The molecule has 0 fully saturated rings. The maximum absolute atomic E-state index is 11.4. The minimum atomic E-state index is -0.391. The van der Waals surface area contributed by atoms with Gasteiger partial charge in [0.1, 0.15) is 6.29 Å². The lowest BCUT2D eigenvalue weighted by atomic mass is 9.89. The second-order valence-electron chi connectivity index (χ2n) is 3.59. The van der Waals surface area contributed by atoms with Crippen LogP contribution in [0, 0.1) is 0 Å². The van der Waals surface area contributed by atoms with Crippen LogP contribution < -0.4 is 5.32 Å². The van der Waals surface area contributed by atoms with E-state index in [2.05, 4.69) is 11.9 Å². The molecular formula is C11H19NO2. The van der Waals surface area contributed by atoms with Crippen molar-refractivity contribution in [1.29, 1.82) is 0 Å². The normalized spacial score (nSPS) is 10.8. The van der Waals surface area contributed by atoms with Crippen LogP contribution in [0.15, 0.2) is 12.2 Å². The summed E-state index contributed by atoms with van der Waals surface area (Å²) in [5, 5.41) is 2.86. The molecule has 0 aliphatic carbocycles. The molecule has 0 rings (SSSR count). The molecule has 3 nitrogen and oxygen atoms in total. The van der Waals surface area contributed by atoms with E-state index >= 15 is 0 Å². The first-order valence-electron chi connectivity index (χ1n) is 4.93. The van der Waals surface area contributed by atoms with E-state index in [0.717, 1.165) is 19.1 Å². The second-order valence-corrected chi connectivity index (χ2v) is 3.59. The standard InChI is InChI=1S/C11H19NO2/c1-5-11(6-2,7-8-13)12-10(14)9(3)4/h8H,3,5-7H2,1-2,4H3,(H,12,14). The van der Waals surface area contributed by atoms with Crippen molar-refractivity contribution in [2.75, 3.05) is 0 Å². The molecule has 1 amide bonds. The average Bonchev–Trinajstić information content (AvgIpc) is 2.16. The van der Waals surface area contributed by atoms with Gasteiger partial charge >= 0.3 is 0 Å². The van der Waals surface area contributed by atoms with E-state index in [4.69, 9.17) is 0 Å². The van der Waals surface area contributed by atoms with Gasteiger partial charge in [-0.2, -0.15) is 0 Å². The number of carbonyl (C=O) groups excluding carboxylic acids is 2. The van der Waals surface area contributed by atoms with Crippen molar-refractivity contribution in [2.24, 2.45) is 0 Å². The predicted octanol–water partition coefficient (Wildman–Crippen LogP) is 1.83. The van der Waals surface area contributed by atoms with Crippen LogP contribution in [0.5, 0.6) is 0 Å². The topological polar surface area (TPSA) is 46.2 Å². The first kappa shape index (κ1) is 12.9. The van der Waals surface area contributed by atoms with Crippen LogP contribution in [-0.4, -0.2) is 17.7 Å². The van der Waals surface area contributed by atoms with E-state index in [1.807, 2.05) is 13.8 Å². The van der Waals surface area contributed by atoms with Crippen molar-refractivity contribution in [3.63, 3.8) is 0 Å². The largest absolute Gasteiger partial charge is 0.346 e. The molecule has 0 aliphatic rings. The molecule has 0 spiro atoms. The summed E-state index contributed by atoms with van der Waals surface area (Å²) < 4.78 is 0. The Balaban J connectivity index is 4.57. The zero-order valence-electron chi connectivity index (χ0n) is 9.22. The fourth-order valence-corrected chi connectivity index (χ4v) is 1.27. The maximum atomic E-state index is 11.4. The number of carbonyl (C=O) groups is 2. The van der Waals surface area contributed by atoms with Gasteiger partial charge in [0.15, 0.2) is 0 Å². The van der Waals surface area contributed by atoms with Crippen molar-refractivity contribution in [3.05, 3.63) is 12.2 Å². The SMILES string of the molecule is C=C(C)C(=O)NC(CC)(CC)CC=O. The quantitative estimate of drug-likeness (QED) is 0.521. The molecule has 80 valence electrons. The summed E-state index contributed by atoms with van der Waals surface area (Å²) in [6.45, 7) is 9.15. The van der Waals surface area contributed by atoms with Gasteiger partial charge < -0.3 is 10.1 Å². The molecule has 3 heteroatoms. The fraction of sp³-hybridized carbons (Fsp3) is 0.636. The summed E-state index contributed by atoms with van der Waals surface area (Å²) in [6, 6.07) is 0. The maximum Gasteiger partial charge on any atom is 0.246 e. The van der Waals surface area contributed by atoms with Crippen molar-refractivity contribution >= 4 is 12.2 Å². The molecule has 0 aromatic carbocycles. The predicted molar refractivity (Wildman–Crippen MR) is 57.0 cm³/mol. The second kappa shape index (κ2) is 5.58. The molecule has 1 N–H and O–H groups in total. The summed E-state index contributed by atoms with van der Waals surface area (Å²) in [4.78, 5) is 21.9. The first-order valence-corrected chi connectivity index (χ1v) is 4.93. The van der Waals surface area contributed by atoms with E-state index in [0.29, 0.717) is 12.0 Å². The highest BCUT2D eigenvalue weighted by molar-refractivity contribution is 5.92. The Bertz CT molecular complexity index is 229. The molecule has 0 heterocycles. The molecule has 0 saturated heterocycles. The zero-order valence-corrected chi connectivity index (χ0v) is 9.22. The van der Waals surface area contributed by atoms with Crippen LogP contribution >= 0.6 is 0 Å². The van der Waals surface area contributed by atoms with Gasteiger partial charge in [-0.05, 0) is 19.8 Å². The van der Waals surface area contributed by atoms with E-state index in [9.17, 15) is 9.59 Å². The van der Waals surface area contributed by atoms with Gasteiger partial charge in [-0.15, -0.1) is 0 Å². The Morgan fingerprint density at radius 3 is 2.21 bits per heavy atom. The van der Waals surface area contributed by atoms with Crippen molar-refractivity contribution < 1.29 is 9.59 Å². The number of nitrogens with one attached hydrogen (secondary N) is 1. The number of aldehydes is 1. The first-order chi connectivity index (χ1) is 6.51. The van der Waals surface area contributed by atoms with Gasteiger partial charge in [-0.3, -0.25) is 4.79 Å². The highest BCUT2D eigenvalue weighted by atomic mass is 16.2. The van der Waals surface area contributed by atoms with Crippen molar-refractivity contribution in [2.45, 2.75) is 45.6 Å². The van der Waals surface area contributed by atoms with Crippen LogP contribution in [0.2, 0.25) is 0 Å². The van der Waals surface area contributed by atoms with Gasteiger partial charge in [0.25, 0.3) is 0 Å². The van der Waals surface area contributed by atoms with Crippen LogP contribution in [-0.2, 0) is 9.59 Å². The highest BCUT2D eigenvalue weighted by Crippen LogP contribution is 2.18. The van der Waals surface area contributed by atoms with Gasteiger partial charge in [0.05, 0.1) is 0 Å². The summed E-state index contributed by atoms with van der Waals surface area (Å²) in [5.74, 6) is -0.171. The van der Waals surface area contributed by atoms with Crippen LogP contribution in [0.4, 0.5) is 0 Å². The fourth-order valence-electron chi connectivity index (χ4n) is 1.27. The Hall–Kier alpha value is -1.12. The molecule has 0 aliphatic heterocycles. The van der Waals surface area contributed by atoms with E-state index in [1.54, 1.807) is 6.92 Å². The van der Waals surface area contributed by atoms with Crippen LogP contribution in [0.3, 0.4) is 0 Å². The van der Waals surface area contributed by atoms with Gasteiger partial charge in [0, 0.05) is 17.5 Å². The van der Waals surface area contributed by atoms with Crippen LogP contribution in [0.25, 0.3) is 0 Å². The highest BCUT2D eigenvalue weighted by Gasteiger charge is 2.27. The van der Waals surface area contributed by atoms with Gasteiger partial charge in [-0.25, -0.2) is 0 Å². The zero-order chi connectivity index (χ0) is 11.2. The van der Waals surface area contributed by atoms with Gasteiger partial charge in [0.2, 0.25) is 5.91 Å². The number of hydrogen-bond donors (Lipinski definition) is 1. The Morgan fingerprint density at radius 1 is 1.43 bits per heavy atom. The lowest BCUT2D eigenvalue weighted by molar-refractivity contribution is -0.120. The molecule has 0 saturated carbocycles. The lowest BCUT2D eigenvalue weighted by Gasteiger charge is -2.31. The lowest BCUT2D eigenvalue weighted by Crippen LogP contribution is -2.48. The number of amides is 1. The Labute approximate surface area is 85.6 Å². The number of hydrogen-bond acceptors (Lipinski definition) is 2. The molecule has 0 atom stereocenters. The molecule has 0 radical (unpaired) electrons. The minimum absolute atomic E-state index is 0.171.